The van der Waals surface area contributed by atoms with E-state index in [9.17, 15) is 9.18 Å². The number of halogens is 1. The Labute approximate surface area is 124 Å². The Balaban J connectivity index is 1.81. The molecule has 0 spiro atoms. The Bertz CT molecular complexity index is 681. The van der Waals surface area contributed by atoms with Crippen LogP contribution in [-0.4, -0.2) is 5.91 Å². The third-order valence-corrected chi connectivity index (χ3v) is 4.11. The smallest absolute Gasteiger partial charge is 0.251 e. The molecule has 0 radical (unpaired) electrons. The van der Waals surface area contributed by atoms with Gasteiger partial charge in [-0.15, -0.1) is 0 Å². The van der Waals surface area contributed by atoms with E-state index in [0.717, 1.165) is 19.3 Å². The van der Waals surface area contributed by atoms with Gasteiger partial charge in [-0.1, -0.05) is 30.3 Å². The SMILES string of the molecule is Cc1ccc(C(=O)NC2CCCc3ccccc32)cc1F. The summed E-state index contributed by atoms with van der Waals surface area (Å²) in [5, 5.41) is 3.03. The summed E-state index contributed by atoms with van der Waals surface area (Å²) in [6.07, 6.45) is 3.04. The molecule has 1 aliphatic carbocycles. The van der Waals surface area contributed by atoms with Gasteiger partial charge in [-0.25, -0.2) is 4.39 Å². The quantitative estimate of drug-likeness (QED) is 0.888. The Hall–Kier alpha value is -2.16. The number of carbonyl (C=O) groups excluding carboxylic acids is 1. The monoisotopic (exact) mass is 283 g/mol. The lowest BCUT2D eigenvalue weighted by atomic mass is 9.87. The molecule has 0 bridgehead atoms. The predicted octanol–water partition coefficient (Wildman–Crippen LogP) is 3.94. The molecule has 1 amide bonds. The first-order valence-electron chi connectivity index (χ1n) is 7.30. The van der Waals surface area contributed by atoms with Crippen LogP contribution >= 0.6 is 0 Å². The number of fused-ring (bicyclic) bond motifs is 1. The van der Waals surface area contributed by atoms with Crippen molar-refractivity contribution in [2.24, 2.45) is 0 Å². The third kappa shape index (κ3) is 2.82. The molecule has 3 heteroatoms. The molecule has 0 heterocycles. The van der Waals surface area contributed by atoms with Crippen LogP contribution in [0.5, 0.6) is 0 Å². The predicted molar refractivity (Wildman–Crippen MR) is 80.7 cm³/mol. The van der Waals surface area contributed by atoms with Gasteiger partial charge in [-0.05, 0) is 55.0 Å². The van der Waals surface area contributed by atoms with Crippen LogP contribution in [0.3, 0.4) is 0 Å². The molecule has 1 unspecified atom stereocenters. The average molecular weight is 283 g/mol. The van der Waals surface area contributed by atoms with Crippen LogP contribution < -0.4 is 5.32 Å². The van der Waals surface area contributed by atoms with Crippen LogP contribution in [0.2, 0.25) is 0 Å². The molecule has 0 saturated heterocycles. The molecular formula is C18H18FNO. The largest absolute Gasteiger partial charge is 0.345 e. The number of hydrogen-bond donors (Lipinski definition) is 1. The molecule has 1 atom stereocenters. The highest BCUT2D eigenvalue weighted by Gasteiger charge is 2.22. The fourth-order valence-electron chi connectivity index (χ4n) is 2.88. The first-order valence-corrected chi connectivity index (χ1v) is 7.30. The lowest BCUT2D eigenvalue weighted by Crippen LogP contribution is -2.31. The molecule has 3 rings (SSSR count). The van der Waals surface area contributed by atoms with Crippen molar-refractivity contribution in [1.29, 1.82) is 0 Å². The van der Waals surface area contributed by atoms with Crippen molar-refractivity contribution in [2.45, 2.75) is 32.2 Å². The lowest BCUT2D eigenvalue weighted by Gasteiger charge is -2.26. The highest BCUT2D eigenvalue weighted by Crippen LogP contribution is 2.29. The molecule has 0 aromatic heterocycles. The number of rotatable bonds is 2. The molecule has 0 aliphatic heterocycles. The van der Waals surface area contributed by atoms with Crippen molar-refractivity contribution in [3.8, 4) is 0 Å². The highest BCUT2D eigenvalue weighted by molar-refractivity contribution is 5.94. The van der Waals surface area contributed by atoms with Gasteiger partial charge >= 0.3 is 0 Å². The second-order valence-electron chi connectivity index (χ2n) is 5.58. The summed E-state index contributed by atoms with van der Waals surface area (Å²) in [5.41, 5.74) is 3.41. The lowest BCUT2D eigenvalue weighted by molar-refractivity contribution is 0.0932. The maximum Gasteiger partial charge on any atom is 0.251 e. The van der Waals surface area contributed by atoms with Gasteiger partial charge in [0.15, 0.2) is 0 Å². The minimum absolute atomic E-state index is 0.0202. The standard InChI is InChI=1S/C18H18FNO/c1-12-9-10-14(11-16(12)19)18(21)20-17-8-4-6-13-5-2-3-7-15(13)17/h2-3,5,7,9-11,17H,4,6,8H2,1H3,(H,20,21). The van der Waals surface area contributed by atoms with Crippen molar-refractivity contribution in [3.05, 3.63) is 70.5 Å². The van der Waals surface area contributed by atoms with Gasteiger partial charge in [-0.2, -0.15) is 0 Å². The summed E-state index contributed by atoms with van der Waals surface area (Å²) in [6, 6.07) is 12.8. The average Bonchev–Trinajstić information content (AvgIpc) is 2.50. The minimum atomic E-state index is -0.341. The van der Waals surface area contributed by atoms with Crippen LogP contribution in [0.4, 0.5) is 4.39 Å². The van der Waals surface area contributed by atoms with E-state index in [-0.39, 0.29) is 17.8 Å². The molecule has 108 valence electrons. The second-order valence-corrected chi connectivity index (χ2v) is 5.58. The first kappa shape index (κ1) is 13.8. The molecule has 2 nitrogen and oxygen atoms in total. The van der Waals surface area contributed by atoms with E-state index in [4.69, 9.17) is 0 Å². The second kappa shape index (κ2) is 5.68. The van der Waals surface area contributed by atoms with Crippen molar-refractivity contribution in [2.75, 3.05) is 0 Å². The molecule has 2 aromatic carbocycles. The summed E-state index contributed by atoms with van der Waals surface area (Å²) in [6.45, 7) is 1.69. The summed E-state index contributed by atoms with van der Waals surface area (Å²) >= 11 is 0. The maximum absolute atomic E-state index is 13.6. The van der Waals surface area contributed by atoms with Gasteiger partial charge in [0.25, 0.3) is 5.91 Å². The van der Waals surface area contributed by atoms with E-state index in [2.05, 4.69) is 17.4 Å². The Morgan fingerprint density at radius 1 is 1.24 bits per heavy atom. The van der Waals surface area contributed by atoms with Crippen molar-refractivity contribution in [3.63, 3.8) is 0 Å². The van der Waals surface area contributed by atoms with Crippen LogP contribution in [0, 0.1) is 12.7 Å². The molecule has 21 heavy (non-hydrogen) atoms. The fourth-order valence-corrected chi connectivity index (χ4v) is 2.88. The van der Waals surface area contributed by atoms with Gasteiger partial charge in [0, 0.05) is 5.56 Å². The summed E-state index contributed by atoms with van der Waals surface area (Å²) in [7, 11) is 0. The third-order valence-electron chi connectivity index (χ3n) is 4.11. The fraction of sp³-hybridized carbons (Fsp3) is 0.278. The van der Waals surface area contributed by atoms with Gasteiger partial charge in [-0.3, -0.25) is 4.79 Å². The Kier molecular flexibility index (Phi) is 3.74. The summed E-state index contributed by atoms with van der Waals surface area (Å²) in [4.78, 5) is 12.3. The zero-order valence-corrected chi connectivity index (χ0v) is 12.0. The van der Waals surface area contributed by atoms with E-state index >= 15 is 0 Å². The number of nitrogens with one attached hydrogen (secondary N) is 1. The van der Waals surface area contributed by atoms with Crippen molar-refractivity contribution < 1.29 is 9.18 Å². The normalized spacial score (nSPS) is 17.1. The molecule has 1 N–H and O–H groups in total. The number of carbonyl (C=O) groups is 1. The van der Waals surface area contributed by atoms with Gasteiger partial charge < -0.3 is 5.32 Å². The molecule has 1 aliphatic rings. The number of hydrogen-bond acceptors (Lipinski definition) is 1. The Morgan fingerprint density at radius 2 is 2.05 bits per heavy atom. The molecule has 0 fully saturated rings. The molecular weight excluding hydrogens is 265 g/mol. The van der Waals surface area contributed by atoms with Crippen LogP contribution in [0.25, 0.3) is 0 Å². The van der Waals surface area contributed by atoms with Gasteiger partial charge in [0.2, 0.25) is 0 Å². The van der Waals surface area contributed by atoms with Crippen molar-refractivity contribution in [1.82, 2.24) is 5.32 Å². The molecule has 0 saturated carbocycles. The van der Waals surface area contributed by atoms with Crippen LogP contribution in [0.15, 0.2) is 42.5 Å². The van der Waals surface area contributed by atoms with Gasteiger partial charge in [0.05, 0.1) is 6.04 Å². The van der Waals surface area contributed by atoms with Crippen LogP contribution in [0.1, 0.15) is 45.9 Å². The number of amides is 1. The number of aryl methyl sites for hydroxylation is 2. The number of benzene rings is 2. The van der Waals surface area contributed by atoms with Gasteiger partial charge in [0.1, 0.15) is 5.82 Å². The van der Waals surface area contributed by atoms with E-state index < -0.39 is 0 Å². The Morgan fingerprint density at radius 3 is 2.86 bits per heavy atom. The summed E-state index contributed by atoms with van der Waals surface area (Å²) in [5.74, 6) is -0.553. The minimum Gasteiger partial charge on any atom is -0.345 e. The zero-order valence-electron chi connectivity index (χ0n) is 12.0. The first-order chi connectivity index (χ1) is 10.1. The molecule has 2 aromatic rings. The van der Waals surface area contributed by atoms with Crippen molar-refractivity contribution >= 4 is 5.91 Å². The van der Waals surface area contributed by atoms with E-state index in [1.54, 1.807) is 19.1 Å². The zero-order chi connectivity index (χ0) is 14.8. The maximum atomic E-state index is 13.6. The van der Waals surface area contributed by atoms with Crippen LogP contribution in [-0.2, 0) is 6.42 Å². The van der Waals surface area contributed by atoms with E-state index in [1.165, 1.54) is 17.2 Å². The van der Waals surface area contributed by atoms with E-state index in [0.29, 0.717) is 11.1 Å². The summed E-state index contributed by atoms with van der Waals surface area (Å²) < 4.78 is 13.6. The van der Waals surface area contributed by atoms with E-state index in [1.807, 2.05) is 12.1 Å². The highest BCUT2D eigenvalue weighted by atomic mass is 19.1. The topological polar surface area (TPSA) is 29.1 Å².